The van der Waals surface area contributed by atoms with Crippen LogP contribution in [0.1, 0.15) is 35.1 Å². The molecule has 1 spiro atoms. The molecule has 2 aliphatic rings. The minimum Gasteiger partial charge on any atom is -0.309 e. The molecule has 0 aliphatic heterocycles. The zero-order valence-corrected chi connectivity index (χ0v) is 28.4. The van der Waals surface area contributed by atoms with E-state index in [0.29, 0.717) is 0 Å². The predicted octanol–water partition coefficient (Wildman–Crippen LogP) is 13.5. The molecule has 8 aromatic rings. The van der Waals surface area contributed by atoms with Gasteiger partial charge in [0.15, 0.2) is 0 Å². The molecule has 0 radical (unpaired) electrons. The minimum atomic E-state index is 0.187. The maximum absolute atomic E-state index is 2.43. The van der Waals surface area contributed by atoms with Gasteiger partial charge in [0.05, 0.1) is 5.69 Å². The van der Waals surface area contributed by atoms with Gasteiger partial charge < -0.3 is 4.90 Å². The van der Waals surface area contributed by atoms with Gasteiger partial charge in [-0.05, 0) is 117 Å². The highest BCUT2D eigenvalue weighted by atomic mass is 15.1. The molecule has 1 nitrogen and oxygen atoms in total. The molecule has 1 saturated carbocycles. The average molecular weight is 640 g/mol. The van der Waals surface area contributed by atoms with Gasteiger partial charge >= 0.3 is 0 Å². The van der Waals surface area contributed by atoms with Crippen molar-refractivity contribution in [3.05, 3.63) is 186 Å². The van der Waals surface area contributed by atoms with Crippen LogP contribution < -0.4 is 4.90 Å². The van der Waals surface area contributed by atoms with Crippen LogP contribution >= 0.6 is 0 Å². The fourth-order valence-electron chi connectivity index (χ4n) is 8.80. The fraction of sp³-hybridized carbons (Fsp3) is 0.102. The standard InChI is InChI=1S/C49H37N/c1-32-12-3-9-20-45(32)50(46-21-10-4-13-33(46)2)47-29-28-36(38-14-5-6-16-40(38)47)34-22-24-35(25-23-34)37-26-27-42-39-15-7-8-18-43(39)49(30-31-49)44-19-11-17-41(37)48(42)44/h3-29H,30-31H2,1-2H3. The third-order valence-electron chi connectivity index (χ3n) is 11.4. The van der Waals surface area contributed by atoms with E-state index in [-0.39, 0.29) is 5.41 Å². The van der Waals surface area contributed by atoms with Crippen molar-refractivity contribution >= 4 is 38.6 Å². The fourth-order valence-corrected chi connectivity index (χ4v) is 8.80. The molecule has 0 atom stereocenters. The molecule has 10 rings (SSSR count). The molecule has 0 amide bonds. The second kappa shape index (κ2) is 11.1. The Kier molecular flexibility index (Phi) is 6.42. The van der Waals surface area contributed by atoms with Crippen molar-refractivity contribution in [2.24, 2.45) is 0 Å². The highest BCUT2D eigenvalue weighted by Crippen LogP contribution is 2.61. The van der Waals surface area contributed by atoms with Crippen LogP contribution in [-0.4, -0.2) is 0 Å². The summed E-state index contributed by atoms with van der Waals surface area (Å²) in [6.45, 7) is 4.40. The lowest BCUT2D eigenvalue weighted by molar-refractivity contribution is 0.853. The van der Waals surface area contributed by atoms with E-state index in [1.165, 1.54) is 107 Å². The van der Waals surface area contributed by atoms with Gasteiger partial charge in [0.25, 0.3) is 0 Å². The Labute approximate surface area is 294 Å². The number of nitrogens with zero attached hydrogens (tertiary/aromatic N) is 1. The van der Waals surface area contributed by atoms with Crippen LogP contribution in [0.25, 0.3) is 54.9 Å². The molecule has 2 aliphatic carbocycles. The molecule has 50 heavy (non-hydrogen) atoms. The molecule has 1 heteroatoms. The smallest absolute Gasteiger partial charge is 0.0540 e. The summed E-state index contributed by atoms with van der Waals surface area (Å²) in [6.07, 6.45) is 2.48. The summed E-state index contributed by atoms with van der Waals surface area (Å²) in [7, 11) is 0. The third-order valence-corrected chi connectivity index (χ3v) is 11.4. The van der Waals surface area contributed by atoms with Crippen LogP contribution in [0.15, 0.2) is 164 Å². The first-order chi connectivity index (χ1) is 24.6. The van der Waals surface area contributed by atoms with Crippen molar-refractivity contribution in [2.75, 3.05) is 4.90 Å². The zero-order chi connectivity index (χ0) is 33.4. The van der Waals surface area contributed by atoms with Crippen molar-refractivity contribution in [2.45, 2.75) is 32.1 Å². The lowest BCUT2D eigenvalue weighted by atomic mass is 9.74. The first kappa shape index (κ1) is 29.0. The Morgan fingerprint density at radius 2 is 0.900 bits per heavy atom. The number of para-hydroxylation sites is 2. The number of benzene rings is 8. The van der Waals surface area contributed by atoms with Gasteiger partial charge in [0.2, 0.25) is 0 Å². The molecule has 0 unspecified atom stereocenters. The summed E-state index contributed by atoms with van der Waals surface area (Å²) in [6, 6.07) is 60.9. The molecule has 238 valence electrons. The van der Waals surface area contributed by atoms with Gasteiger partial charge in [-0.25, -0.2) is 0 Å². The Balaban J connectivity index is 1.09. The first-order valence-corrected chi connectivity index (χ1v) is 17.8. The summed E-state index contributed by atoms with van der Waals surface area (Å²) in [5.74, 6) is 0. The summed E-state index contributed by atoms with van der Waals surface area (Å²) >= 11 is 0. The normalized spacial score (nSPS) is 13.8. The molecule has 0 heterocycles. The lowest BCUT2D eigenvalue weighted by Crippen LogP contribution is -2.15. The van der Waals surface area contributed by atoms with Crippen molar-refractivity contribution in [1.29, 1.82) is 0 Å². The summed E-state index contributed by atoms with van der Waals surface area (Å²) < 4.78 is 0. The van der Waals surface area contributed by atoms with E-state index in [1.807, 2.05) is 0 Å². The van der Waals surface area contributed by atoms with E-state index < -0.39 is 0 Å². The Morgan fingerprint density at radius 3 is 1.58 bits per heavy atom. The van der Waals surface area contributed by atoms with Gasteiger partial charge in [0, 0.05) is 22.2 Å². The maximum Gasteiger partial charge on any atom is 0.0540 e. The number of anilines is 3. The van der Waals surface area contributed by atoms with Crippen molar-refractivity contribution < 1.29 is 0 Å². The Bertz CT molecular complexity index is 2580. The largest absolute Gasteiger partial charge is 0.309 e. The first-order valence-electron chi connectivity index (χ1n) is 17.8. The number of rotatable bonds is 5. The van der Waals surface area contributed by atoms with Crippen LogP contribution in [0, 0.1) is 13.8 Å². The Hall–Kier alpha value is -5.92. The van der Waals surface area contributed by atoms with E-state index >= 15 is 0 Å². The summed E-state index contributed by atoms with van der Waals surface area (Å²) in [5.41, 5.74) is 17.1. The van der Waals surface area contributed by atoms with E-state index in [2.05, 4.69) is 183 Å². The second-order valence-corrected chi connectivity index (χ2v) is 14.2. The Morgan fingerprint density at radius 1 is 0.380 bits per heavy atom. The highest BCUT2D eigenvalue weighted by molar-refractivity contribution is 6.10. The predicted molar refractivity (Wildman–Crippen MR) is 212 cm³/mol. The third kappa shape index (κ3) is 4.26. The van der Waals surface area contributed by atoms with Gasteiger partial charge in [-0.1, -0.05) is 146 Å². The molecule has 0 saturated heterocycles. The lowest BCUT2D eigenvalue weighted by Gasteiger charge is -2.30. The highest BCUT2D eigenvalue weighted by Gasteiger charge is 2.50. The maximum atomic E-state index is 2.43. The summed E-state index contributed by atoms with van der Waals surface area (Å²) in [4.78, 5) is 2.43. The molecule has 0 N–H and O–H groups in total. The van der Waals surface area contributed by atoms with Crippen LogP contribution in [0.2, 0.25) is 0 Å². The summed E-state index contributed by atoms with van der Waals surface area (Å²) in [5, 5.41) is 5.29. The van der Waals surface area contributed by atoms with E-state index in [0.717, 1.165) is 0 Å². The number of aryl methyl sites for hydroxylation is 2. The quantitative estimate of drug-likeness (QED) is 0.181. The van der Waals surface area contributed by atoms with Crippen molar-refractivity contribution in [3.63, 3.8) is 0 Å². The number of hydrogen-bond donors (Lipinski definition) is 0. The molecule has 1 fully saturated rings. The molecular weight excluding hydrogens is 603 g/mol. The van der Waals surface area contributed by atoms with E-state index in [4.69, 9.17) is 0 Å². The molecule has 0 bridgehead atoms. The van der Waals surface area contributed by atoms with Crippen LogP contribution in [-0.2, 0) is 5.41 Å². The van der Waals surface area contributed by atoms with Crippen molar-refractivity contribution in [1.82, 2.24) is 0 Å². The van der Waals surface area contributed by atoms with Gasteiger partial charge in [0.1, 0.15) is 0 Å². The van der Waals surface area contributed by atoms with Crippen LogP contribution in [0.5, 0.6) is 0 Å². The number of hydrogen-bond acceptors (Lipinski definition) is 1. The van der Waals surface area contributed by atoms with Gasteiger partial charge in [-0.3, -0.25) is 0 Å². The van der Waals surface area contributed by atoms with E-state index in [1.54, 1.807) is 0 Å². The SMILES string of the molecule is Cc1ccccc1N(c1ccccc1C)c1ccc(-c2ccc(-c3ccc4c5c(cccc35)C3(CC3)c3ccccc3-4)cc2)c2ccccc12. The molecule has 8 aromatic carbocycles. The molecule has 0 aromatic heterocycles. The van der Waals surface area contributed by atoms with Gasteiger partial charge in [-0.2, -0.15) is 0 Å². The minimum absolute atomic E-state index is 0.187. The van der Waals surface area contributed by atoms with Gasteiger partial charge in [-0.15, -0.1) is 0 Å². The second-order valence-electron chi connectivity index (χ2n) is 14.2. The average Bonchev–Trinajstić information content (AvgIpc) is 3.97. The van der Waals surface area contributed by atoms with E-state index in [9.17, 15) is 0 Å². The van der Waals surface area contributed by atoms with Crippen LogP contribution in [0.4, 0.5) is 17.1 Å². The molecular formula is C49H37N. The topological polar surface area (TPSA) is 3.24 Å². The number of fused-ring (bicyclic) bond motifs is 5. The van der Waals surface area contributed by atoms with Crippen molar-refractivity contribution in [3.8, 4) is 33.4 Å². The van der Waals surface area contributed by atoms with Crippen LogP contribution in [0.3, 0.4) is 0 Å². The zero-order valence-electron chi connectivity index (χ0n) is 28.4. The monoisotopic (exact) mass is 639 g/mol.